The van der Waals surface area contributed by atoms with Gasteiger partial charge in [-0.3, -0.25) is 0 Å². The number of ether oxygens (including phenoxy) is 2. The van der Waals surface area contributed by atoms with Gasteiger partial charge in [0.05, 0.1) is 20.5 Å². The van der Waals surface area contributed by atoms with Crippen molar-refractivity contribution in [2.24, 2.45) is 0 Å². The highest BCUT2D eigenvalue weighted by atomic mass is 16.5. The number of methoxy groups -OCH3 is 2. The molecule has 3 rings (SSSR count). The second-order valence-corrected chi connectivity index (χ2v) is 4.24. The molecular formula is C16H14O3. The van der Waals surface area contributed by atoms with Gasteiger partial charge in [0.2, 0.25) is 0 Å². The highest BCUT2D eigenvalue weighted by Crippen LogP contribution is 2.33. The summed E-state index contributed by atoms with van der Waals surface area (Å²) in [6, 6.07) is 13.7. The average Bonchev–Trinajstić information content (AvgIpc) is 2.90. The standard InChI is InChI=1S/C16H14O3/c1-17-12-5-3-11(4-6-12)15-10-19-16-8-7-13(18-2)9-14(15)16/h3-10H,1-2H3. The Hall–Kier alpha value is -2.42. The SMILES string of the molecule is COc1ccc(-c2coc3ccc(OC)cc23)cc1. The van der Waals surface area contributed by atoms with Gasteiger partial charge >= 0.3 is 0 Å². The third-order valence-corrected chi connectivity index (χ3v) is 3.18. The van der Waals surface area contributed by atoms with Crippen LogP contribution in [0.1, 0.15) is 0 Å². The summed E-state index contributed by atoms with van der Waals surface area (Å²) < 4.78 is 16.0. The minimum Gasteiger partial charge on any atom is -0.497 e. The minimum atomic E-state index is 0.823. The molecule has 0 saturated heterocycles. The predicted octanol–water partition coefficient (Wildman–Crippen LogP) is 4.12. The van der Waals surface area contributed by atoms with Gasteiger partial charge in [-0.05, 0) is 35.9 Å². The molecule has 0 radical (unpaired) electrons. The largest absolute Gasteiger partial charge is 0.497 e. The lowest BCUT2D eigenvalue weighted by Gasteiger charge is -2.03. The fourth-order valence-electron chi connectivity index (χ4n) is 2.13. The molecule has 3 nitrogen and oxygen atoms in total. The molecule has 96 valence electrons. The molecule has 0 saturated carbocycles. The highest BCUT2D eigenvalue weighted by molar-refractivity contribution is 5.94. The van der Waals surface area contributed by atoms with Crippen LogP contribution in [0, 0.1) is 0 Å². The van der Waals surface area contributed by atoms with Gasteiger partial charge in [-0.1, -0.05) is 12.1 Å². The maximum atomic E-state index is 5.57. The third-order valence-electron chi connectivity index (χ3n) is 3.18. The normalized spacial score (nSPS) is 10.6. The van der Waals surface area contributed by atoms with Crippen molar-refractivity contribution in [1.29, 1.82) is 0 Å². The van der Waals surface area contributed by atoms with Gasteiger partial charge in [-0.2, -0.15) is 0 Å². The molecule has 3 heteroatoms. The molecular weight excluding hydrogens is 240 g/mol. The Morgan fingerprint density at radius 2 is 1.53 bits per heavy atom. The first-order valence-corrected chi connectivity index (χ1v) is 6.01. The van der Waals surface area contributed by atoms with Crippen LogP contribution in [-0.2, 0) is 0 Å². The van der Waals surface area contributed by atoms with Crippen molar-refractivity contribution in [2.75, 3.05) is 14.2 Å². The van der Waals surface area contributed by atoms with Gasteiger partial charge in [-0.15, -0.1) is 0 Å². The Morgan fingerprint density at radius 3 is 2.21 bits per heavy atom. The van der Waals surface area contributed by atoms with Crippen LogP contribution in [-0.4, -0.2) is 14.2 Å². The van der Waals surface area contributed by atoms with Gasteiger partial charge in [0.15, 0.2) is 0 Å². The summed E-state index contributed by atoms with van der Waals surface area (Å²) in [5.41, 5.74) is 3.00. The van der Waals surface area contributed by atoms with E-state index >= 15 is 0 Å². The lowest BCUT2D eigenvalue weighted by Crippen LogP contribution is -1.83. The monoisotopic (exact) mass is 254 g/mol. The molecule has 0 fully saturated rings. The number of fused-ring (bicyclic) bond motifs is 1. The molecule has 0 aliphatic heterocycles. The van der Waals surface area contributed by atoms with Crippen LogP contribution in [0.15, 0.2) is 53.1 Å². The van der Waals surface area contributed by atoms with Crippen LogP contribution in [0.4, 0.5) is 0 Å². The van der Waals surface area contributed by atoms with Crippen LogP contribution < -0.4 is 9.47 Å². The zero-order valence-electron chi connectivity index (χ0n) is 10.8. The summed E-state index contributed by atoms with van der Waals surface area (Å²) in [7, 11) is 3.32. The maximum absolute atomic E-state index is 5.57. The lowest BCUT2D eigenvalue weighted by atomic mass is 10.0. The molecule has 0 unspecified atom stereocenters. The van der Waals surface area contributed by atoms with Crippen LogP contribution >= 0.6 is 0 Å². The van der Waals surface area contributed by atoms with E-state index in [1.54, 1.807) is 20.5 Å². The number of furan rings is 1. The molecule has 19 heavy (non-hydrogen) atoms. The highest BCUT2D eigenvalue weighted by Gasteiger charge is 2.09. The van der Waals surface area contributed by atoms with Crippen molar-refractivity contribution in [3.05, 3.63) is 48.7 Å². The van der Waals surface area contributed by atoms with Crippen LogP contribution in [0.3, 0.4) is 0 Å². The Balaban J connectivity index is 2.12. The Morgan fingerprint density at radius 1 is 0.842 bits per heavy atom. The molecule has 1 heterocycles. The van der Waals surface area contributed by atoms with Crippen molar-refractivity contribution in [2.45, 2.75) is 0 Å². The van der Waals surface area contributed by atoms with E-state index in [1.807, 2.05) is 42.5 Å². The molecule has 0 aliphatic carbocycles. The average molecular weight is 254 g/mol. The first kappa shape index (κ1) is 11.7. The second kappa shape index (κ2) is 4.69. The van der Waals surface area contributed by atoms with Gasteiger partial charge < -0.3 is 13.9 Å². The Labute approximate surface area is 111 Å². The first-order chi connectivity index (χ1) is 9.31. The summed E-state index contributed by atoms with van der Waals surface area (Å²) in [6.07, 6.45) is 1.77. The number of hydrogen-bond donors (Lipinski definition) is 0. The summed E-state index contributed by atoms with van der Waals surface area (Å²) in [4.78, 5) is 0. The molecule has 0 amide bonds. The van der Waals surface area contributed by atoms with Crippen LogP contribution in [0.2, 0.25) is 0 Å². The van der Waals surface area contributed by atoms with E-state index < -0.39 is 0 Å². The summed E-state index contributed by atoms with van der Waals surface area (Å²) in [6.45, 7) is 0. The third kappa shape index (κ3) is 2.03. The summed E-state index contributed by atoms with van der Waals surface area (Å²) in [5.74, 6) is 1.66. The van der Waals surface area contributed by atoms with E-state index in [0.717, 1.165) is 33.6 Å². The van der Waals surface area contributed by atoms with Crippen molar-refractivity contribution in [3.63, 3.8) is 0 Å². The Kier molecular flexibility index (Phi) is 2.88. The van der Waals surface area contributed by atoms with Crippen molar-refractivity contribution in [1.82, 2.24) is 0 Å². The second-order valence-electron chi connectivity index (χ2n) is 4.24. The quantitative estimate of drug-likeness (QED) is 0.704. The maximum Gasteiger partial charge on any atom is 0.134 e. The van der Waals surface area contributed by atoms with Crippen molar-refractivity contribution < 1.29 is 13.9 Å². The molecule has 1 aromatic heterocycles. The van der Waals surface area contributed by atoms with E-state index in [2.05, 4.69) is 0 Å². The molecule has 0 bridgehead atoms. The molecule has 0 aliphatic rings. The minimum absolute atomic E-state index is 0.823. The van der Waals surface area contributed by atoms with E-state index in [1.165, 1.54) is 0 Å². The van der Waals surface area contributed by atoms with E-state index in [-0.39, 0.29) is 0 Å². The smallest absolute Gasteiger partial charge is 0.134 e. The zero-order valence-corrected chi connectivity index (χ0v) is 10.8. The predicted molar refractivity (Wildman–Crippen MR) is 74.8 cm³/mol. The molecule has 0 N–H and O–H groups in total. The van der Waals surface area contributed by atoms with Crippen LogP contribution in [0.25, 0.3) is 22.1 Å². The summed E-state index contributed by atoms with van der Waals surface area (Å²) in [5, 5.41) is 1.05. The lowest BCUT2D eigenvalue weighted by molar-refractivity contribution is 0.415. The molecule has 2 aromatic carbocycles. The Bertz CT molecular complexity index is 696. The van der Waals surface area contributed by atoms with Gasteiger partial charge in [-0.25, -0.2) is 0 Å². The molecule has 0 spiro atoms. The number of hydrogen-bond acceptors (Lipinski definition) is 3. The van der Waals surface area contributed by atoms with Gasteiger partial charge in [0, 0.05) is 10.9 Å². The molecule has 3 aromatic rings. The van der Waals surface area contributed by atoms with Gasteiger partial charge in [0.25, 0.3) is 0 Å². The van der Waals surface area contributed by atoms with Gasteiger partial charge in [0.1, 0.15) is 17.1 Å². The fraction of sp³-hybridized carbons (Fsp3) is 0.125. The fourth-order valence-corrected chi connectivity index (χ4v) is 2.13. The number of rotatable bonds is 3. The van der Waals surface area contributed by atoms with Crippen molar-refractivity contribution in [3.8, 4) is 22.6 Å². The van der Waals surface area contributed by atoms with Crippen LogP contribution in [0.5, 0.6) is 11.5 Å². The topological polar surface area (TPSA) is 31.6 Å². The first-order valence-electron chi connectivity index (χ1n) is 6.01. The van der Waals surface area contributed by atoms with E-state index in [0.29, 0.717) is 0 Å². The van der Waals surface area contributed by atoms with E-state index in [4.69, 9.17) is 13.9 Å². The molecule has 0 atom stereocenters. The summed E-state index contributed by atoms with van der Waals surface area (Å²) >= 11 is 0. The zero-order chi connectivity index (χ0) is 13.2. The van der Waals surface area contributed by atoms with Crippen molar-refractivity contribution >= 4 is 11.0 Å². The number of benzene rings is 2. The van der Waals surface area contributed by atoms with E-state index in [9.17, 15) is 0 Å².